The number of Topliss-reactive ketones (excluding diaryl/α,β-unsaturated/α-hetero) is 1. The molecule has 140 valence electrons. The van der Waals surface area contributed by atoms with E-state index in [4.69, 9.17) is 4.42 Å². The largest absolute Gasteiger partial charge is 0.437 e. The van der Waals surface area contributed by atoms with Crippen molar-refractivity contribution >= 4 is 11.7 Å². The minimum absolute atomic E-state index is 0.157. The van der Waals surface area contributed by atoms with Crippen LogP contribution >= 0.6 is 0 Å². The van der Waals surface area contributed by atoms with Crippen LogP contribution in [0.25, 0.3) is 0 Å². The summed E-state index contributed by atoms with van der Waals surface area (Å²) < 4.78 is 6.16. The van der Waals surface area contributed by atoms with E-state index in [2.05, 4.69) is 10.4 Å². The van der Waals surface area contributed by atoms with Crippen molar-refractivity contribution in [2.24, 2.45) is 11.8 Å². The third kappa shape index (κ3) is 5.15. The molecule has 0 bridgehead atoms. The highest BCUT2D eigenvalue weighted by Crippen LogP contribution is 2.11. The maximum absolute atomic E-state index is 12.8. The summed E-state index contributed by atoms with van der Waals surface area (Å²) in [5.74, 6) is -1.44. The highest BCUT2D eigenvalue weighted by Gasteiger charge is 2.28. The van der Waals surface area contributed by atoms with Crippen LogP contribution in [-0.2, 0) is 6.54 Å². The van der Waals surface area contributed by atoms with E-state index in [0.717, 1.165) is 4.68 Å². The normalized spacial score (nSPS) is 12.4. The molecule has 1 heterocycles. The van der Waals surface area contributed by atoms with E-state index in [1.165, 1.54) is 0 Å². The van der Waals surface area contributed by atoms with E-state index >= 15 is 0 Å². The first-order valence-electron chi connectivity index (χ1n) is 8.76. The number of carbonyl (C=O) groups is 2. The highest BCUT2D eigenvalue weighted by atomic mass is 16.4. The van der Waals surface area contributed by atoms with Gasteiger partial charge < -0.3 is 9.73 Å². The predicted molar refractivity (Wildman–Crippen MR) is 97.1 cm³/mol. The van der Waals surface area contributed by atoms with Crippen molar-refractivity contribution in [2.75, 3.05) is 0 Å². The molecular weight excluding hydrogens is 334 g/mol. The van der Waals surface area contributed by atoms with Crippen LogP contribution in [0.5, 0.6) is 0 Å². The highest BCUT2D eigenvalue weighted by molar-refractivity contribution is 6.01. The Labute approximate surface area is 152 Å². The lowest BCUT2D eigenvalue weighted by Gasteiger charge is -2.18. The molecule has 7 nitrogen and oxygen atoms in total. The van der Waals surface area contributed by atoms with Crippen LogP contribution < -0.4 is 11.1 Å². The lowest BCUT2D eigenvalue weighted by Crippen LogP contribution is -2.42. The van der Waals surface area contributed by atoms with Crippen LogP contribution in [0.4, 0.5) is 0 Å². The zero-order valence-electron chi connectivity index (χ0n) is 15.6. The molecule has 7 heteroatoms. The third-order valence-corrected chi connectivity index (χ3v) is 3.72. The Morgan fingerprint density at radius 2 is 1.77 bits per heavy atom. The second kappa shape index (κ2) is 8.60. The molecule has 1 N–H and O–H groups in total. The van der Waals surface area contributed by atoms with E-state index in [-0.39, 0.29) is 23.6 Å². The molecule has 1 unspecified atom stereocenters. The standard InChI is InChI=1S/C19H25N3O4/c1-12(2)10-15(20-17(24)14-8-6-5-7-9-14)16(23)18-21-22(11-13(3)4)19(25)26-18/h5-9,12-13,15H,10-11H2,1-4H3,(H,20,24). The predicted octanol–water partition coefficient (Wildman–Crippen LogP) is 2.52. The molecule has 0 aliphatic rings. The minimum Gasteiger partial charge on any atom is -0.384 e. The summed E-state index contributed by atoms with van der Waals surface area (Å²) in [5.41, 5.74) is 0.459. The molecule has 0 aliphatic heterocycles. The van der Waals surface area contributed by atoms with E-state index in [9.17, 15) is 14.4 Å². The summed E-state index contributed by atoms with van der Waals surface area (Å²) in [6.07, 6.45) is 0.415. The Hall–Kier alpha value is -2.70. The minimum atomic E-state index is -0.812. The zero-order chi connectivity index (χ0) is 19.3. The van der Waals surface area contributed by atoms with Gasteiger partial charge in [0.25, 0.3) is 11.8 Å². The lowest BCUT2D eigenvalue weighted by molar-refractivity contribution is 0.0824. The Kier molecular flexibility index (Phi) is 6.49. The van der Waals surface area contributed by atoms with Gasteiger partial charge in [0.05, 0.1) is 12.6 Å². The van der Waals surface area contributed by atoms with Crippen LogP contribution in [0.3, 0.4) is 0 Å². The van der Waals surface area contributed by atoms with Crippen molar-refractivity contribution in [2.45, 2.75) is 46.7 Å². The molecule has 1 atom stereocenters. The molecule has 0 radical (unpaired) electrons. The molecule has 1 aromatic carbocycles. The monoisotopic (exact) mass is 359 g/mol. The molecule has 0 fully saturated rings. The Morgan fingerprint density at radius 3 is 2.35 bits per heavy atom. The molecule has 0 spiro atoms. The first-order chi connectivity index (χ1) is 12.3. The van der Waals surface area contributed by atoms with Crippen molar-refractivity contribution in [1.82, 2.24) is 15.1 Å². The molecule has 0 saturated carbocycles. The number of aromatic nitrogens is 2. The number of nitrogens with zero attached hydrogens (tertiary/aromatic N) is 2. The summed E-state index contributed by atoms with van der Waals surface area (Å²) in [6, 6.07) is 7.84. The average molecular weight is 359 g/mol. The number of rotatable bonds is 8. The number of nitrogens with one attached hydrogen (secondary N) is 1. The molecule has 2 rings (SSSR count). The fourth-order valence-corrected chi connectivity index (χ4v) is 2.55. The average Bonchev–Trinajstić information content (AvgIpc) is 2.94. The van der Waals surface area contributed by atoms with Gasteiger partial charge in [-0.05, 0) is 30.4 Å². The second-order valence-corrected chi connectivity index (χ2v) is 7.13. The van der Waals surface area contributed by atoms with Gasteiger partial charge >= 0.3 is 5.76 Å². The third-order valence-electron chi connectivity index (χ3n) is 3.72. The second-order valence-electron chi connectivity index (χ2n) is 7.13. The fourth-order valence-electron chi connectivity index (χ4n) is 2.55. The summed E-state index contributed by atoms with van der Waals surface area (Å²) in [4.78, 5) is 37.0. The Bertz CT molecular complexity index is 806. The maximum Gasteiger partial charge on any atom is 0.437 e. The molecule has 1 aromatic heterocycles. The van der Waals surface area contributed by atoms with E-state index in [0.29, 0.717) is 18.5 Å². The van der Waals surface area contributed by atoms with Crippen molar-refractivity contribution in [1.29, 1.82) is 0 Å². The van der Waals surface area contributed by atoms with Gasteiger partial charge in [-0.3, -0.25) is 9.59 Å². The number of amides is 1. The summed E-state index contributed by atoms with van der Waals surface area (Å²) >= 11 is 0. The Morgan fingerprint density at radius 1 is 1.12 bits per heavy atom. The quantitative estimate of drug-likeness (QED) is 0.731. The summed E-state index contributed by atoms with van der Waals surface area (Å²) in [5, 5.41) is 6.73. The summed E-state index contributed by atoms with van der Waals surface area (Å²) in [6.45, 7) is 8.13. The van der Waals surface area contributed by atoms with Gasteiger partial charge in [0.15, 0.2) is 0 Å². The van der Waals surface area contributed by atoms with Crippen LogP contribution in [-0.4, -0.2) is 27.5 Å². The van der Waals surface area contributed by atoms with Crippen molar-refractivity contribution in [3.63, 3.8) is 0 Å². The van der Waals surface area contributed by atoms with Gasteiger partial charge in [0.2, 0.25) is 5.78 Å². The zero-order valence-corrected chi connectivity index (χ0v) is 15.6. The van der Waals surface area contributed by atoms with Gasteiger partial charge in [-0.2, -0.15) is 4.68 Å². The fraction of sp³-hybridized carbons (Fsp3) is 0.474. The van der Waals surface area contributed by atoms with E-state index in [1.807, 2.05) is 33.8 Å². The number of hydrogen-bond donors (Lipinski definition) is 1. The van der Waals surface area contributed by atoms with Crippen molar-refractivity contribution in [3.8, 4) is 0 Å². The lowest BCUT2D eigenvalue weighted by atomic mass is 9.99. The SMILES string of the molecule is CC(C)CC(NC(=O)c1ccccc1)C(=O)c1nn(CC(C)C)c(=O)o1. The number of ketones is 1. The van der Waals surface area contributed by atoms with Crippen LogP contribution in [0.1, 0.15) is 55.2 Å². The number of hydrogen-bond acceptors (Lipinski definition) is 5. The molecule has 0 saturated heterocycles. The molecule has 26 heavy (non-hydrogen) atoms. The van der Waals surface area contributed by atoms with E-state index < -0.39 is 17.6 Å². The number of benzene rings is 1. The molecule has 0 aliphatic carbocycles. The van der Waals surface area contributed by atoms with Gasteiger partial charge in [0.1, 0.15) is 0 Å². The van der Waals surface area contributed by atoms with Crippen LogP contribution in [0.2, 0.25) is 0 Å². The molecule has 2 aromatic rings. The first kappa shape index (κ1) is 19.6. The molecular formula is C19H25N3O4. The van der Waals surface area contributed by atoms with Crippen LogP contribution in [0, 0.1) is 11.8 Å². The smallest absolute Gasteiger partial charge is 0.384 e. The van der Waals surface area contributed by atoms with Gasteiger partial charge in [-0.25, -0.2) is 4.79 Å². The van der Waals surface area contributed by atoms with Gasteiger partial charge in [-0.1, -0.05) is 45.9 Å². The van der Waals surface area contributed by atoms with Crippen molar-refractivity contribution < 1.29 is 14.0 Å². The molecule has 1 amide bonds. The topological polar surface area (TPSA) is 94.2 Å². The maximum atomic E-state index is 12.8. The van der Waals surface area contributed by atoms with E-state index in [1.54, 1.807) is 24.3 Å². The Balaban J connectivity index is 2.22. The van der Waals surface area contributed by atoms with Gasteiger partial charge in [-0.15, -0.1) is 5.10 Å². The van der Waals surface area contributed by atoms with Crippen molar-refractivity contribution in [3.05, 3.63) is 52.3 Å². The first-order valence-corrected chi connectivity index (χ1v) is 8.76. The van der Waals surface area contributed by atoms with Crippen LogP contribution in [0.15, 0.2) is 39.5 Å². The van der Waals surface area contributed by atoms with Gasteiger partial charge in [0, 0.05) is 5.56 Å². The summed E-state index contributed by atoms with van der Waals surface area (Å²) in [7, 11) is 0. The number of carbonyl (C=O) groups excluding carboxylic acids is 2.